The molecular formula is C31H48N5O9P. The molecule has 0 fully saturated rings. The number of hydrogen-bond donors (Lipinski definition) is 2. The van der Waals surface area contributed by atoms with Gasteiger partial charge in [-0.05, 0) is 79.0 Å². The van der Waals surface area contributed by atoms with E-state index in [1.807, 2.05) is 43.0 Å². The zero-order valence-electron chi connectivity index (χ0n) is 28.3. The van der Waals surface area contributed by atoms with E-state index >= 15 is 0 Å². The molecule has 15 heteroatoms. The molecule has 1 aromatic rings. The van der Waals surface area contributed by atoms with Crippen LogP contribution in [0.5, 0.6) is 0 Å². The van der Waals surface area contributed by atoms with Crippen LogP contribution < -0.4 is 15.1 Å². The maximum Gasteiger partial charge on any atom is 0.336 e. The minimum atomic E-state index is -3.78. The van der Waals surface area contributed by atoms with Crippen LogP contribution in [0.1, 0.15) is 72.8 Å². The quantitative estimate of drug-likeness (QED) is 0.123. The van der Waals surface area contributed by atoms with Crippen LogP contribution >= 0.6 is 7.60 Å². The fourth-order valence-electron chi connectivity index (χ4n) is 4.56. The monoisotopic (exact) mass is 665 g/mol. The van der Waals surface area contributed by atoms with Crippen molar-refractivity contribution in [1.29, 1.82) is 0 Å². The normalized spacial score (nSPS) is 16.5. The number of rotatable bonds is 14. The molecule has 256 valence electrons. The van der Waals surface area contributed by atoms with Gasteiger partial charge in [0.05, 0.1) is 28.4 Å². The number of unbranched alkanes of at least 4 members (excludes halogenated alkanes) is 3. The number of aliphatic imine (C=N–C) groups is 2. The second kappa shape index (κ2) is 15.1. The number of amides is 1. The number of benzene rings is 1. The summed E-state index contributed by atoms with van der Waals surface area (Å²) < 4.78 is 34.6. The number of carbonyl (C=O) groups is 3. The fraction of sp³-hybridized carbons (Fsp3) is 0.645. The van der Waals surface area contributed by atoms with Crippen LogP contribution in [0.3, 0.4) is 0 Å². The SMILES string of the molecule is Cc1cc2c(cc1N(C)C)N(CCCCCCP(=O)(OCOC(=O)C(C)(C)C)OCOC(=O)C(C)(C)C)C1=NC(O)NC(=O)C1=N2. The number of nitrogens with one attached hydrogen (secondary N) is 1. The summed E-state index contributed by atoms with van der Waals surface area (Å²) in [5, 5.41) is 12.5. The van der Waals surface area contributed by atoms with Crippen molar-refractivity contribution in [3.05, 3.63) is 17.7 Å². The van der Waals surface area contributed by atoms with Gasteiger partial charge in [0.1, 0.15) is 0 Å². The molecule has 0 aliphatic carbocycles. The van der Waals surface area contributed by atoms with Crippen molar-refractivity contribution in [1.82, 2.24) is 5.32 Å². The first-order valence-electron chi connectivity index (χ1n) is 15.3. The molecule has 0 aromatic heterocycles. The summed E-state index contributed by atoms with van der Waals surface area (Å²) >= 11 is 0. The van der Waals surface area contributed by atoms with Crippen molar-refractivity contribution in [2.75, 3.05) is 50.2 Å². The number of esters is 2. The maximum absolute atomic E-state index is 13.5. The van der Waals surface area contributed by atoms with Crippen molar-refractivity contribution in [2.45, 2.75) is 80.5 Å². The zero-order chi connectivity index (χ0) is 34.4. The molecule has 1 atom stereocenters. The van der Waals surface area contributed by atoms with Crippen molar-refractivity contribution < 1.29 is 42.6 Å². The van der Waals surface area contributed by atoms with Gasteiger partial charge >= 0.3 is 19.5 Å². The number of fused-ring (bicyclic) bond motifs is 2. The highest BCUT2D eigenvalue weighted by molar-refractivity contribution is 7.53. The molecule has 0 bridgehead atoms. The lowest BCUT2D eigenvalue weighted by Crippen LogP contribution is -2.53. The van der Waals surface area contributed by atoms with Crippen LogP contribution in [0.2, 0.25) is 0 Å². The molecule has 46 heavy (non-hydrogen) atoms. The maximum atomic E-state index is 13.5. The second-order valence-corrected chi connectivity index (χ2v) is 15.7. The molecule has 0 spiro atoms. The van der Waals surface area contributed by atoms with Crippen LogP contribution in [0.4, 0.5) is 17.1 Å². The highest BCUT2D eigenvalue weighted by atomic mass is 31.2. The Morgan fingerprint density at radius 2 is 1.54 bits per heavy atom. The predicted molar refractivity (Wildman–Crippen MR) is 175 cm³/mol. The number of anilines is 2. The molecule has 1 aromatic carbocycles. The van der Waals surface area contributed by atoms with E-state index in [4.69, 9.17) is 18.5 Å². The molecule has 0 radical (unpaired) electrons. The van der Waals surface area contributed by atoms with E-state index in [1.165, 1.54) is 0 Å². The van der Waals surface area contributed by atoms with E-state index in [9.17, 15) is 24.1 Å². The molecule has 1 amide bonds. The number of hydrogen-bond acceptors (Lipinski definition) is 13. The van der Waals surface area contributed by atoms with Crippen LogP contribution in [0.15, 0.2) is 22.1 Å². The number of aliphatic hydroxyl groups excluding tert-OH is 1. The first-order chi connectivity index (χ1) is 21.3. The first-order valence-corrected chi connectivity index (χ1v) is 17.0. The summed E-state index contributed by atoms with van der Waals surface area (Å²) in [6.45, 7) is 11.5. The lowest BCUT2D eigenvalue weighted by atomic mass is 9.98. The number of nitrogens with zero attached hydrogens (tertiary/aromatic N) is 4. The van der Waals surface area contributed by atoms with Gasteiger partial charge in [0.15, 0.2) is 11.5 Å². The number of aliphatic hydroxyl groups is 1. The molecule has 0 saturated carbocycles. The molecule has 0 saturated heterocycles. The highest BCUT2D eigenvalue weighted by Gasteiger charge is 2.36. The third-order valence-corrected chi connectivity index (χ3v) is 9.01. The van der Waals surface area contributed by atoms with E-state index in [2.05, 4.69) is 15.3 Å². The third-order valence-electron chi connectivity index (χ3n) is 7.15. The Kier molecular flexibility index (Phi) is 12.2. The average Bonchev–Trinajstić information content (AvgIpc) is 2.93. The molecule has 2 aliphatic rings. The smallest absolute Gasteiger partial charge is 0.336 e. The summed E-state index contributed by atoms with van der Waals surface area (Å²) in [5.74, 6) is -1.24. The summed E-state index contributed by atoms with van der Waals surface area (Å²) in [4.78, 5) is 49.7. The van der Waals surface area contributed by atoms with Gasteiger partial charge in [-0.25, -0.2) is 9.98 Å². The predicted octanol–water partition coefficient (Wildman–Crippen LogP) is 4.64. The summed E-state index contributed by atoms with van der Waals surface area (Å²) in [6.07, 6.45) is 1.13. The number of aryl methyl sites for hydroxylation is 1. The van der Waals surface area contributed by atoms with Gasteiger partial charge in [-0.1, -0.05) is 12.8 Å². The third kappa shape index (κ3) is 9.84. The lowest BCUT2D eigenvalue weighted by molar-refractivity contribution is -0.162. The molecule has 2 aliphatic heterocycles. The van der Waals surface area contributed by atoms with E-state index in [0.29, 0.717) is 43.8 Å². The van der Waals surface area contributed by atoms with Crippen LogP contribution in [-0.4, -0.2) is 81.2 Å². The van der Waals surface area contributed by atoms with E-state index in [0.717, 1.165) is 16.9 Å². The summed E-state index contributed by atoms with van der Waals surface area (Å²) in [5.41, 5.74) is 2.01. The van der Waals surface area contributed by atoms with Crippen molar-refractivity contribution in [3.8, 4) is 0 Å². The van der Waals surface area contributed by atoms with Crippen LogP contribution in [0.25, 0.3) is 0 Å². The van der Waals surface area contributed by atoms with Gasteiger partial charge in [-0.3, -0.25) is 28.0 Å². The lowest BCUT2D eigenvalue weighted by Gasteiger charge is -2.35. The average molecular weight is 666 g/mol. The zero-order valence-corrected chi connectivity index (χ0v) is 29.2. The van der Waals surface area contributed by atoms with Crippen molar-refractivity contribution >= 4 is 54.1 Å². The Labute approximate surface area is 271 Å². The summed E-state index contributed by atoms with van der Waals surface area (Å²) in [7, 11) is 0.106. The Morgan fingerprint density at radius 3 is 2.09 bits per heavy atom. The molecule has 2 heterocycles. The van der Waals surface area contributed by atoms with Crippen LogP contribution in [-0.2, 0) is 37.5 Å². The first kappa shape index (κ1) is 37.1. The topological polar surface area (TPSA) is 169 Å². The van der Waals surface area contributed by atoms with E-state index < -0.39 is 56.2 Å². The fourth-order valence-corrected chi connectivity index (χ4v) is 5.93. The van der Waals surface area contributed by atoms with Gasteiger partial charge < -0.3 is 29.7 Å². The Morgan fingerprint density at radius 1 is 0.978 bits per heavy atom. The Balaban J connectivity index is 1.64. The van der Waals surface area contributed by atoms with Gasteiger partial charge in [0, 0.05) is 26.3 Å². The van der Waals surface area contributed by atoms with E-state index in [-0.39, 0.29) is 11.9 Å². The van der Waals surface area contributed by atoms with Crippen molar-refractivity contribution in [2.24, 2.45) is 20.8 Å². The van der Waals surface area contributed by atoms with Gasteiger partial charge in [-0.2, -0.15) is 0 Å². The van der Waals surface area contributed by atoms with Crippen LogP contribution in [0, 0.1) is 17.8 Å². The molecular weight excluding hydrogens is 617 g/mol. The van der Waals surface area contributed by atoms with Gasteiger partial charge in [0.2, 0.25) is 19.9 Å². The van der Waals surface area contributed by atoms with Gasteiger partial charge in [0.25, 0.3) is 5.91 Å². The number of carbonyl (C=O) groups excluding carboxylic acids is 3. The Hall–Kier alpha value is -3.32. The van der Waals surface area contributed by atoms with Crippen molar-refractivity contribution in [3.63, 3.8) is 0 Å². The molecule has 2 N–H and O–H groups in total. The van der Waals surface area contributed by atoms with E-state index in [1.54, 1.807) is 41.5 Å². The standard InChI is InChI=1S/C31H48N5O9P/c1-20-16-21-23(17-22(20)35(8)9)36(25-24(32-21)26(37)34-29(40)33-25)14-12-10-11-13-15-46(41,44-18-42-27(38)30(2,3)4)45-19-43-28(39)31(5,6)7/h16-17,29,40H,10-15,18-19H2,1-9H3,(H,34,37). The van der Waals surface area contributed by atoms with Gasteiger partial charge in [-0.15, -0.1) is 0 Å². The molecule has 3 rings (SSSR count). The summed E-state index contributed by atoms with van der Waals surface area (Å²) in [6, 6.07) is 3.92. The largest absolute Gasteiger partial charge is 0.438 e. The minimum absolute atomic E-state index is 0.0149. The second-order valence-electron chi connectivity index (χ2n) is 13.5. The number of amidine groups is 1. The molecule has 14 nitrogen and oxygen atoms in total. The number of ether oxygens (including phenoxy) is 2. The minimum Gasteiger partial charge on any atom is -0.438 e. The highest BCUT2D eigenvalue weighted by Crippen LogP contribution is 2.49. The Bertz CT molecular complexity index is 1380. The molecule has 1 unspecified atom stereocenters.